The van der Waals surface area contributed by atoms with E-state index in [0.717, 1.165) is 36.3 Å². The smallest absolute Gasteiger partial charge is 0.254 e. The molecule has 0 bridgehead atoms. The van der Waals surface area contributed by atoms with Crippen molar-refractivity contribution in [2.75, 3.05) is 0 Å². The number of nitrogens with one attached hydrogen (secondary N) is 1. The molecule has 1 amide bonds. The molecule has 24 heavy (non-hydrogen) atoms. The number of hydrogen-bond acceptors (Lipinski definition) is 3. The van der Waals surface area contributed by atoms with E-state index < -0.39 is 0 Å². The first-order valence-corrected chi connectivity index (χ1v) is 8.26. The molecule has 0 fully saturated rings. The van der Waals surface area contributed by atoms with Gasteiger partial charge in [0, 0.05) is 23.2 Å². The Hall–Kier alpha value is -2.53. The van der Waals surface area contributed by atoms with Crippen LogP contribution in [0.5, 0.6) is 0 Å². The van der Waals surface area contributed by atoms with Crippen molar-refractivity contribution in [1.82, 2.24) is 15.1 Å². The molecule has 0 radical (unpaired) electrons. The van der Waals surface area contributed by atoms with Crippen LogP contribution in [-0.2, 0) is 6.42 Å². The van der Waals surface area contributed by atoms with Crippen LogP contribution in [0.2, 0.25) is 5.02 Å². The quantitative estimate of drug-likeness (QED) is 0.785. The van der Waals surface area contributed by atoms with Crippen LogP contribution in [0.3, 0.4) is 0 Å². The number of aromatic nitrogens is 2. The maximum atomic E-state index is 12.5. The minimum atomic E-state index is -0.130. The second-order valence-corrected chi connectivity index (χ2v) is 6.30. The molecule has 1 aliphatic carbocycles. The van der Waals surface area contributed by atoms with E-state index in [4.69, 9.17) is 16.0 Å². The first kappa shape index (κ1) is 15.0. The lowest BCUT2D eigenvalue weighted by Gasteiger charge is -2.22. The van der Waals surface area contributed by atoms with Crippen molar-refractivity contribution in [3.05, 3.63) is 70.9 Å². The number of benzene rings is 1. The fourth-order valence-electron chi connectivity index (χ4n) is 3.05. The average molecular weight is 342 g/mol. The summed E-state index contributed by atoms with van der Waals surface area (Å²) in [7, 11) is 0. The van der Waals surface area contributed by atoms with E-state index in [1.807, 2.05) is 18.2 Å². The van der Waals surface area contributed by atoms with Gasteiger partial charge >= 0.3 is 0 Å². The minimum absolute atomic E-state index is 0.00104. The number of hydrogen-bond donors (Lipinski definition) is 1. The first-order valence-electron chi connectivity index (χ1n) is 7.88. The van der Waals surface area contributed by atoms with E-state index in [1.165, 1.54) is 0 Å². The molecule has 2 heterocycles. The molecule has 0 spiro atoms. The molecule has 0 saturated heterocycles. The second kappa shape index (κ2) is 6.17. The van der Waals surface area contributed by atoms with Crippen LogP contribution in [0.4, 0.5) is 0 Å². The number of furan rings is 1. The lowest BCUT2D eigenvalue weighted by molar-refractivity contribution is 0.0932. The van der Waals surface area contributed by atoms with Crippen molar-refractivity contribution < 1.29 is 9.21 Å². The normalized spacial score (nSPS) is 16.6. The highest BCUT2D eigenvalue weighted by Gasteiger charge is 2.24. The summed E-state index contributed by atoms with van der Waals surface area (Å²) in [5, 5.41) is 8.00. The lowest BCUT2D eigenvalue weighted by Crippen LogP contribution is -2.30. The monoisotopic (exact) mass is 341 g/mol. The second-order valence-electron chi connectivity index (χ2n) is 5.87. The van der Waals surface area contributed by atoms with Crippen LogP contribution < -0.4 is 5.32 Å². The third-order valence-corrected chi connectivity index (χ3v) is 4.55. The number of fused-ring (bicyclic) bond motifs is 1. The van der Waals surface area contributed by atoms with Crippen molar-refractivity contribution in [3.8, 4) is 5.69 Å². The molecular formula is C18H16ClN3O2. The van der Waals surface area contributed by atoms with Crippen molar-refractivity contribution in [2.24, 2.45) is 0 Å². The van der Waals surface area contributed by atoms with E-state index >= 15 is 0 Å². The molecule has 5 nitrogen and oxygen atoms in total. The van der Waals surface area contributed by atoms with Crippen molar-refractivity contribution in [1.29, 1.82) is 0 Å². The topological polar surface area (TPSA) is 60.1 Å². The number of halogens is 1. The van der Waals surface area contributed by atoms with Crippen LogP contribution in [-0.4, -0.2) is 15.7 Å². The largest absolute Gasteiger partial charge is 0.469 e. The van der Waals surface area contributed by atoms with Gasteiger partial charge in [0.2, 0.25) is 0 Å². The van der Waals surface area contributed by atoms with Gasteiger partial charge in [-0.2, -0.15) is 5.10 Å². The summed E-state index contributed by atoms with van der Waals surface area (Å²) >= 11 is 5.89. The zero-order chi connectivity index (χ0) is 16.5. The van der Waals surface area contributed by atoms with E-state index in [-0.39, 0.29) is 11.9 Å². The van der Waals surface area contributed by atoms with Gasteiger partial charge < -0.3 is 9.73 Å². The van der Waals surface area contributed by atoms with Gasteiger partial charge in [-0.25, -0.2) is 4.68 Å². The summed E-state index contributed by atoms with van der Waals surface area (Å²) in [6, 6.07) is 9.24. The van der Waals surface area contributed by atoms with Crippen molar-refractivity contribution in [2.45, 2.75) is 25.3 Å². The lowest BCUT2D eigenvalue weighted by atomic mass is 9.93. The summed E-state index contributed by atoms with van der Waals surface area (Å²) in [6.07, 6.45) is 7.84. The number of amides is 1. The van der Waals surface area contributed by atoms with Gasteiger partial charge in [0.15, 0.2) is 0 Å². The van der Waals surface area contributed by atoms with E-state index in [2.05, 4.69) is 10.4 Å². The molecule has 6 heteroatoms. The Bertz CT molecular complexity index is 867. The Morgan fingerprint density at radius 3 is 2.96 bits per heavy atom. The van der Waals surface area contributed by atoms with Gasteiger partial charge in [-0.1, -0.05) is 11.6 Å². The zero-order valence-electron chi connectivity index (χ0n) is 12.9. The van der Waals surface area contributed by atoms with E-state index in [1.54, 1.807) is 35.5 Å². The molecule has 1 atom stereocenters. The molecule has 4 rings (SSSR count). The first-order chi connectivity index (χ1) is 11.7. The Morgan fingerprint density at radius 2 is 2.12 bits per heavy atom. The number of rotatable bonds is 3. The third-order valence-electron chi connectivity index (χ3n) is 4.29. The van der Waals surface area contributed by atoms with Gasteiger partial charge in [-0.05, 0) is 43.2 Å². The molecule has 1 aliphatic rings. The Morgan fingerprint density at radius 1 is 1.29 bits per heavy atom. The van der Waals surface area contributed by atoms with Crippen molar-refractivity contribution >= 4 is 17.5 Å². The summed E-state index contributed by atoms with van der Waals surface area (Å²) in [5.41, 5.74) is 2.47. The van der Waals surface area contributed by atoms with Crippen LogP contribution in [0, 0.1) is 0 Å². The molecular weight excluding hydrogens is 326 g/mol. The molecule has 2 aromatic heterocycles. The van der Waals surface area contributed by atoms with Crippen molar-refractivity contribution in [3.63, 3.8) is 0 Å². The SMILES string of the molecule is O=C(NC1CCCc2occc21)c1cnn(-c2ccc(Cl)cc2)c1. The van der Waals surface area contributed by atoms with Crippen LogP contribution in [0.1, 0.15) is 40.6 Å². The summed E-state index contributed by atoms with van der Waals surface area (Å²) in [4.78, 5) is 12.5. The summed E-state index contributed by atoms with van der Waals surface area (Å²) in [6.45, 7) is 0. The van der Waals surface area contributed by atoms with Gasteiger partial charge in [0.25, 0.3) is 5.91 Å². The highest BCUT2D eigenvalue weighted by molar-refractivity contribution is 6.30. The molecule has 122 valence electrons. The number of aryl methyl sites for hydroxylation is 1. The maximum absolute atomic E-state index is 12.5. The Kier molecular flexibility index (Phi) is 3.86. The number of nitrogens with zero attached hydrogens (tertiary/aromatic N) is 2. The minimum Gasteiger partial charge on any atom is -0.469 e. The predicted molar refractivity (Wildman–Crippen MR) is 90.4 cm³/mol. The number of carbonyl (C=O) groups is 1. The summed E-state index contributed by atoms with van der Waals surface area (Å²) in [5.74, 6) is 0.845. The van der Waals surface area contributed by atoms with Gasteiger partial charge in [0.1, 0.15) is 5.76 Å². The van der Waals surface area contributed by atoms with Crippen LogP contribution in [0.15, 0.2) is 53.4 Å². The molecule has 1 N–H and O–H groups in total. The van der Waals surface area contributed by atoms with Gasteiger partial charge in [-0.15, -0.1) is 0 Å². The number of carbonyl (C=O) groups excluding carboxylic acids is 1. The molecule has 3 aromatic rings. The van der Waals surface area contributed by atoms with Gasteiger partial charge in [-0.3, -0.25) is 4.79 Å². The third kappa shape index (κ3) is 2.83. The fourth-order valence-corrected chi connectivity index (χ4v) is 3.18. The molecule has 0 saturated carbocycles. The zero-order valence-corrected chi connectivity index (χ0v) is 13.7. The molecule has 1 aromatic carbocycles. The predicted octanol–water partition coefficient (Wildman–Crippen LogP) is 3.93. The van der Waals surface area contributed by atoms with Gasteiger partial charge in [0.05, 0.1) is 29.8 Å². The standard InChI is InChI=1S/C18H16ClN3O2/c19-13-4-6-14(7-5-13)22-11-12(10-20-22)18(23)21-16-2-1-3-17-15(16)8-9-24-17/h4-11,16H,1-3H2,(H,21,23). The van der Waals surface area contributed by atoms with E-state index in [9.17, 15) is 4.79 Å². The fraction of sp³-hybridized carbons (Fsp3) is 0.222. The molecule has 0 aliphatic heterocycles. The average Bonchev–Trinajstić information content (AvgIpc) is 3.25. The Labute approximate surface area is 144 Å². The van der Waals surface area contributed by atoms with Crippen LogP contribution >= 0.6 is 11.6 Å². The van der Waals surface area contributed by atoms with Crippen LogP contribution in [0.25, 0.3) is 5.69 Å². The van der Waals surface area contributed by atoms with E-state index in [0.29, 0.717) is 10.6 Å². The highest BCUT2D eigenvalue weighted by Crippen LogP contribution is 2.30. The summed E-state index contributed by atoms with van der Waals surface area (Å²) < 4.78 is 7.13. The highest BCUT2D eigenvalue weighted by atomic mass is 35.5. The maximum Gasteiger partial charge on any atom is 0.254 e. The molecule has 1 unspecified atom stereocenters. The Balaban J connectivity index is 1.51.